The first-order valence-electron chi connectivity index (χ1n) is 4.59. The van der Waals surface area contributed by atoms with Crippen LogP contribution in [0.4, 0.5) is 0 Å². The second-order valence-electron chi connectivity index (χ2n) is 3.17. The molecule has 1 saturated carbocycles. The number of carbonyl (C=O) groups excluding carboxylic acids is 1. The second kappa shape index (κ2) is 5.27. The molecule has 1 aliphatic carbocycles. The molecule has 0 spiro atoms. The van der Waals surface area contributed by atoms with E-state index in [1.807, 2.05) is 6.92 Å². The van der Waals surface area contributed by atoms with Crippen molar-refractivity contribution in [2.45, 2.75) is 32.6 Å². The summed E-state index contributed by atoms with van der Waals surface area (Å²) in [5.41, 5.74) is 0. The lowest BCUT2D eigenvalue weighted by molar-refractivity contribution is -0.298. The smallest absolute Gasteiger partial charge is 0.132 e. The van der Waals surface area contributed by atoms with Gasteiger partial charge in [0, 0.05) is 12.8 Å². The number of hydrogen-bond donors (Lipinski definition) is 0. The van der Waals surface area contributed by atoms with Gasteiger partial charge in [-0.05, 0) is 25.7 Å². The van der Waals surface area contributed by atoms with Gasteiger partial charge in [-0.1, -0.05) is 0 Å². The van der Waals surface area contributed by atoms with Gasteiger partial charge in [0.15, 0.2) is 0 Å². The largest absolute Gasteiger partial charge is 0.300 e. The fourth-order valence-electron chi connectivity index (χ4n) is 1.39. The number of ketones is 1. The summed E-state index contributed by atoms with van der Waals surface area (Å²) in [4.78, 5) is 20.6. The Bertz CT molecular complexity index is 135. The maximum atomic E-state index is 10.9. The maximum absolute atomic E-state index is 10.9. The third kappa shape index (κ3) is 3.32. The summed E-state index contributed by atoms with van der Waals surface area (Å²) < 4.78 is 0. The van der Waals surface area contributed by atoms with E-state index in [-0.39, 0.29) is 0 Å². The van der Waals surface area contributed by atoms with E-state index in [4.69, 9.17) is 9.78 Å². The second-order valence-corrected chi connectivity index (χ2v) is 3.17. The Labute approximate surface area is 73.0 Å². The van der Waals surface area contributed by atoms with Gasteiger partial charge < -0.3 is 0 Å². The minimum absolute atomic E-state index is 0.391. The van der Waals surface area contributed by atoms with Crippen molar-refractivity contribution >= 4 is 5.78 Å². The zero-order valence-corrected chi connectivity index (χ0v) is 7.54. The lowest BCUT2D eigenvalue weighted by Crippen LogP contribution is -2.18. The average molecular weight is 172 g/mol. The number of carbonyl (C=O) groups is 1. The van der Waals surface area contributed by atoms with Gasteiger partial charge in [-0.15, -0.1) is 0 Å². The van der Waals surface area contributed by atoms with Crippen LogP contribution in [0.1, 0.15) is 32.6 Å². The molecule has 1 rings (SSSR count). The Morgan fingerprint density at radius 2 is 2.00 bits per heavy atom. The Hall–Kier alpha value is -0.410. The summed E-state index contributed by atoms with van der Waals surface area (Å²) >= 11 is 0. The Morgan fingerprint density at radius 3 is 2.58 bits per heavy atom. The van der Waals surface area contributed by atoms with Crippen molar-refractivity contribution in [2.75, 3.05) is 13.2 Å². The molecule has 0 radical (unpaired) electrons. The van der Waals surface area contributed by atoms with E-state index >= 15 is 0 Å². The lowest BCUT2D eigenvalue weighted by Gasteiger charge is -2.19. The number of Topliss-reactive ketones (excluding diaryl/α,β-unsaturated/α-hetero) is 1. The molecular formula is C9H16O3. The van der Waals surface area contributed by atoms with E-state index < -0.39 is 0 Å². The van der Waals surface area contributed by atoms with Gasteiger partial charge in [0.25, 0.3) is 0 Å². The van der Waals surface area contributed by atoms with Gasteiger partial charge in [0.1, 0.15) is 5.78 Å². The van der Waals surface area contributed by atoms with Crippen LogP contribution in [0.5, 0.6) is 0 Å². The minimum atomic E-state index is 0.391. The van der Waals surface area contributed by atoms with Crippen LogP contribution in [-0.4, -0.2) is 19.0 Å². The highest BCUT2D eigenvalue weighted by Gasteiger charge is 2.18. The average Bonchev–Trinajstić information content (AvgIpc) is 2.09. The van der Waals surface area contributed by atoms with Gasteiger partial charge >= 0.3 is 0 Å². The van der Waals surface area contributed by atoms with Crippen molar-refractivity contribution in [3.63, 3.8) is 0 Å². The number of hydrogen-bond acceptors (Lipinski definition) is 3. The highest BCUT2D eigenvalue weighted by molar-refractivity contribution is 5.78. The van der Waals surface area contributed by atoms with E-state index in [1.165, 1.54) is 0 Å². The van der Waals surface area contributed by atoms with Crippen LogP contribution in [0, 0.1) is 5.92 Å². The van der Waals surface area contributed by atoms with E-state index in [2.05, 4.69) is 0 Å². The van der Waals surface area contributed by atoms with E-state index in [1.54, 1.807) is 0 Å². The maximum Gasteiger partial charge on any atom is 0.132 e. The quantitative estimate of drug-likeness (QED) is 0.368. The van der Waals surface area contributed by atoms with E-state index in [9.17, 15) is 4.79 Å². The first kappa shape index (κ1) is 9.68. The molecule has 0 atom stereocenters. The molecule has 1 aliphatic rings. The highest BCUT2D eigenvalue weighted by atomic mass is 17.2. The zero-order chi connectivity index (χ0) is 8.81. The molecule has 3 heteroatoms. The highest BCUT2D eigenvalue weighted by Crippen LogP contribution is 2.21. The van der Waals surface area contributed by atoms with Crippen molar-refractivity contribution < 1.29 is 14.6 Å². The molecule has 0 aliphatic heterocycles. The predicted molar refractivity (Wildman–Crippen MR) is 44.5 cm³/mol. The molecule has 3 nitrogen and oxygen atoms in total. The molecule has 12 heavy (non-hydrogen) atoms. The van der Waals surface area contributed by atoms with Crippen LogP contribution in [0.25, 0.3) is 0 Å². The van der Waals surface area contributed by atoms with Crippen LogP contribution >= 0.6 is 0 Å². The molecule has 0 aromatic rings. The predicted octanol–water partition coefficient (Wildman–Crippen LogP) is 1.71. The van der Waals surface area contributed by atoms with Crippen LogP contribution in [0.2, 0.25) is 0 Å². The molecule has 0 amide bonds. The zero-order valence-electron chi connectivity index (χ0n) is 7.54. The third-order valence-corrected chi connectivity index (χ3v) is 2.17. The Kier molecular flexibility index (Phi) is 4.25. The monoisotopic (exact) mass is 172 g/mol. The lowest BCUT2D eigenvalue weighted by atomic mass is 9.89. The first-order chi connectivity index (χ1) is 5.83. The van der Waals surface area contributed by atoms with Crippen LogP contribution in [0.15, 0.2) is 0 Å². The van der Waals surface area contributed by atoms with Crippen molar-refractivity contribution in [3.8, 4) is 0 Å². The van der Waals surface area contributed by atoms with Gasteiger partial charge in [-0.2, -0.15) is 0 Å². The van der Waals surface area contributed by atoms with Crippen LogP contribution in [0.3, 0.4) is 0 Å². The van der Waals surface area contributed by atoms with Gasteiger partial charge in [-0.25, -0.2) is 9.78 Å². The fourth-order valence-corrected chi connectivity index (χ4v) is 1.39. The summed E-state index contributed by atoms with van der Waals surface area (Å²) in [5, 5.41) is 0. The molecule has 0 N–H and O–H groups in total. The molecule has 0 unspecified atom stereocenters. The molecular weight excluding hydrogens is 156 g/mol. The summed E-state index contributed by atoms with van der Waals surface area (Å²) in [7, 11) is 0. The molecule has 0 heterocycles. The summed E-state index contributed by atoms with van der Waals surface area (Å²) in [6.07, 6.45) is 3.37. The molecule has 0 aromatic carbocycles. The van der Waals surface area contributed by atoms with Crippen molar-refractivity contribution in [2.24, 2.45) is 5.92 Å². The van der Waals surface area contributed by atoms with Crippen molar-refractivity contribution in [1.29, 1.82) is 0 Å². The third-order valence-electron chi connectivity index (χ3n) is 2.17. The minimum Gasteiger partial charge on any atom is -0.300 e. The molecule has 70 valence electrons. The molecule has 0 aromatic heterocycles. The van der Waals surface area contributed by atoms with Gasteiger partial charge in [-0.3, -0.25) is 4.79 Å². The molecule has 0 bridgehead atoms. The summed E-state index contributed by atoms with van der Waals surface area (Å²) in [5.74, 6) is 0.914. The SMILES string of the molecule is CCOOCC1CCC(=O)CC1. The standard InChI is InChI=1S/C9H16O3/c1-2-11-12-7-8-3-5-9(10)6-4-8/h8H,2-7H2,1H3. The first-order valence-corrected chi connectivity index (χ1v) is 4.59. The van der Waals surface area contributed by atoms with Crippen molar-refractivity contribution in [1.82, 2.24) is 0 Å². The normalized spacial score (nSPS) is 19.9. The topological polar surface area (TPSA) is 35.5 Å². The fraction of sp³-hybridized carbons (Fsp3) is 0.889. The van der Waals surface area contributed by atoms with Crippen LogP contribution < -0.4 is 0 Å². The van der Waals surface area contributed by atoms with Crippen molar-refractivity contribution in [3.05, 3.63) is 0 Å². The molecule has 1 fully saturated rings. The van der Waals surface area contributed by atoms with E-state index in [0.717, 1.165) is 25.7 Å². The molecule has 0 saturated heterocycles. The van der Waals surface area contributed by atoms with Gasteiger partial charge in [0.05, 0.1) is 13.2 Å². The summed E-state index contributed by atoms with van der Waals surface area (Å²) in [6, 6.07) is 0. The Morgan fingerprint density at radius 1 is 1.33 bits per heavy atom. The van der Waals surface area contributed by atoms with Gasteiger partial charge in [0.2, 0.25) is 0 Å². The Balaban J connectivity index is 2.05. The number of rotatable bonds is 4. The van der Waals surface area contributed by atoms with Crippen LogP contribution in [-0.2, 0) is 14.6 Å². The van der Waals surface area contributed by atoms with E-state index in [0.29, 0.717) is 24.9 Å². The summed E-state index contributed by atoms with van der Waals surface area (Å²) in [6.45, 7) is 3.12.